The molecule has 0 aromatic carbocycles. The number of nitrogens with zero attached hydrogens (tertiary/aromatic N) is 6. The molecule has 0 saturated heterocycles. The smallest absolute Gasteiger partial charge is 0.200 e. The summed E-state index contributed by atoms with van der Waals surface area (Å²) in [5.74, 6) is 0. The Balaban J connectivity index is 1.68. The fourth-order valence-corrected chi connectivity index (χ4v) is 2.66. The fourth-order valence-electron chi connectivity index (χ4n) is 2.66. The molecule has 1 N–H and O–H groups in total. The van der Waals surface area contributed by atoms with Gasteiger partial charge in [-0.15, -0.1) is 10.2 Å². The molecule has 7 nitrogen and oxygen atoms in total. The van der Waals surface area contributed by atoms with Gasteiger partial charge in [0.2, 0.25) is 5.65 Å². The maximum Gasteiger partial charge on any atom is 0.200 e. The van der Waals surface area contributed by atoms with Gasteiger partial charge in [-0.1, -0.05) is 0 Å². The molecule has 0 fully saturated rings. The quantitative estimate of drug-likeness (QED) is 0.629. The minimum Gasteiger partial charge on any atom is -0.376 e. The van der Waals surface area contributed by atoms with Crippen LogP contribution in [0.2, 0.25) is 0 Å². The Morgan fingerprint density at radius 1 is 1.22 bits per heavy atom. The van der Waals surface area contributed by atoms with Crippen LogP contribution < -0.4 is 5.32 Å². The predicted octanol–water partition coefficient (Wildman–Crippen LogP) is 2.31. The minimum absolute atomic E-state index is 0.619. The zero-order valence-corrected chi connectivity index (χ0v) is 13.3. The van der Waals surface area contributed by atoms with E-state index < -0.39 is 0 Å². The van der Waals surface area contributed by atoms with Crippen molar-refractivity contribution >= 4 is 17.0 Å². The van der Waals surface area contributed by atoms with Gasteiger partial charge in [0.1, 0.15) is 12.0 Å². The van der Waals surface area contributed by atoms with E-state index >= 15 is 0 Å². The van der Waals surface area contributed by atoms with E-state index in [1.165, 1.54) is 5.56 Å². The summed E-state index contributed by atoms with van der Waals surface area (Å²) in [6.45, 7) is 6.70. The van der Waals surface area contributed by atoms with Crippen LogP contribution in [0.3, 0.4) is 0 Å². The van der Waals surface area contributed by atoms with Gasteiger partial charge in [-0.2, -0.15) is 9.61 Å². The normalized spacial score (nSPS) is 11.4. The molecule has 0 spiro atoms. The van der Waals surface area contributed by atoms with Crippen LogP contribution in [0, 0.1) is 20.8 Å². The van der Waals surface area contributed by atoms with Gasteiger partial charge in [-0.25, -0.2) is 4.98 Å². The first-order chi connectivity index (χ1) is 11.1. The van der Waals surface area contributed by atoms with E-state index in [0.29, 0.717) is 6.54 Å². The number of pyridine rings is 1. The van der Waals surface area contributed by atoms with Gasteiger partial charge in [0.05, 0.1) is 23.6 Å². The number of hydrogen-bond donors (Lipinski definition) is 1. The largest absolute Gasteiger partial charge is 0.376 e. The van der Waals surface area contributed by atoms with Crippen molar-refractivity contribution in [2.75, 3.05) is 5.32 Å². The van der Waals surface area contributed by atoms with Crippen molar-refractivity contribution in [1.29, 1.82) is 0 Å². The molecule has 0 aliphatic rings. The van der Waals surface area contributed by atoms with Gasteiger partial charge >= 0.3 is 0 Å². The summed E-state index contributed by atoms with van der Waals surface area (Å²) in [4.78, 5) is 4.65. The number of imidazole rings is 1. The zero-order valence-electron chi connectivity index (χ0n) is 13.3. The number of nitrogens with one attached hydrogen (secondary N) is 1. The number of rotatable bonds is 3. The van der Waals surface area contributed by atoms with E-state index in [1.54, 1.807) is 10.8 Å². The monoisotopic (exact) mass is 307 g/mol. The van der Waals surface area contributed by atoms with Crippen molar-refractivity contribution in [3.63, 3.8) is 0 Å². The van der Waals surface area contributed by atoms with Crippen LogP contribution >= 0.6 is 0 Å². The lowest BCUT2D eigenvalue weighted by molar-refractivity contribution is 0.881. The number of fused-ring (bicyclic) bond motifs is 2. The average molecular weight is 307 g/mol. The van der Waals surface area contributed by atoms with E-state index in [9.17, 15) is 0 Å². The van der Waals surface area contributed by atoms with E-state index in [0.717, 1.165) is 33.9 Å². The highest BCUT2D eigenvalue weighted by Gasteiger charge is 2.12. The Kier molecular flexibility index (Phi) is 3.00. The second-order valence-corrected chi connectivity index (χ2v) is 5.74. The second-order valence-electron chi connectivity index (χ2n) is 5.74. The highest BCUT2D eigenvalue weighted by Crippen LogP contribution is 2.22. The highest BCUT2D eigenvalue weighted by molar-refractivity contribution is 5.71. The summed E-state index contributed by atoms with van der Waals surface area (Å²) in [6.07, 6.45) is 5.67. The molecule has 4 heterocycles. The molecule has 0 aliphatic carbocycles. The third-order valence-corrected chi connectivity index (χ3v) is 4.04. The molecule has 0 unspecified atom stereocenters. The van der Waals surface area contributed by atoms with Crippen molar-refractivity contribution in [1.82, 2.24) is 29.2 Å². The van der Waals surface area contributed by atoms with Crippen molar-refractivity contribution in [2.24, 2.45) is 0 Å². The third-order valence-electron chi connectivity index (χ3n) is 4.04. The average Bonchev–Trinajstić information content (AvgIpc) is 3.13. The van der Waals surface area contributed by atoms with Crippen molar-refractivity contribution in [3.05, 3.63) is 53.4 Å². The molecule has 0 aliphatic heterocycles. The van der Waals surface area contributed by atoms with Crippen LogP contribution in [-0.2, 0) is 6.54 Å². The topological polar surface area (TPSA) is 72.4 Å². The maximum atomic E-state index is 4.65. The van der Waals surface area contributed by atoms with Crippen molar-refractivity contribution < 1.29 is 0 Å². The Bertz CT molecular complexity index is 1010. The standard InChI is InChI=1S/C16H17N7/c1-10-4-5-22-8-13(19-14(22)6-10)7-17-15-11(2)12(3)21-23-9-18-20-16(15)23/h4-6,8-9,17H,7H2,1-3H3. The lowest BCUT2D eigenvalue weighted by Crippen LogP contribution is -2.07. The van der Waals surface area contributed by atoms with Crippen LogP contribution in [-0.4, -0.2) is 29.2 Å². The van der Waals surface area contributed by atoms with Crippen LogP contribution in [0.5, 0.6) is 0 Å². The molecule has 0 amide bonds. The number of aromatic nitrogens is 6. The molecule has 23 heavy (non-hydrogen) atoms. The predicted molar refractivity (Wildman–Crippen MR) is 87.5 cm³/mol. The fraction of sp³-hybridized carbons (Fsp3) is 0.250. The molecule has 116 valence electrons. The van der Waals surface area contributed by atoms with Gasteiger partial charge in [0, 0.05) is 12.4 Å². The Labute approximate surface area is 133 Å². The third kappa shape index (κ3) is 2.30. The molecular formula is C16H17N7. The first-order valence-corrected chi connectivity index (χ1v) is 7.47. The summed E-state index contributed by atoms with van der Waals surface area (Å²) < 4.78 is 3.72. The molecular weight excluding hydrogens is 290 g/mol. The zero-order chi connectivity index (χ0) is 16.0. The van der Waals surface area contributed by atoms with Crippen LogP contribution in [0.25, 0.3) is 11.3 Å². The van der Waals surface area contributed by atoms with Gasteiger partial charge in [-0.3, -0.25) is 0 Å². The molecule has 4 aromatic heterocycles. The second kappa shape index (κ2) is 5.05. The number of hydrogen-bond acceptors (Lipinski definition) is 5. The Morgan fingerprint density at radius 3 is 2.96 bits per heavy atom. The summed E-state index contributed by atoms with van der Waals surface area (Å²) >= 11 is 0. The summed E-state index contributed by atoms with van der Waals surface area (Å²) in [5, 5.41) is 15.9. The van der Waals surface area contributed by atoms with E-state index in [-0.39, 0.29) is 0 Å². The first-order valence-electron chi connectivity index (χ1n) is 7.47. The summed E-state index contributed by atoms with van der Waals surface area (Å²) in [6, 6.07) is 4.14. The van der Waals surface area contributed by atoms with Crippen LogP contribution in [0.4, 0.5) is 5.69 Å². The van der Waals surface area contributed by atoms with E-state index in [1.807, 2.05) is 30.6 Å². The van der Waals surface area contributed by atoms with E-state index in [2.05, 4.69) is 44.7 Å². The summed E-state index contributed by atoms with van der Waals surface area (Å²) in [7, 11) is 0. The molecule has 0 radical (unpaired) electrons. The van der Waals surface area contributed by atoms with Crippen molar-refractivity contribution in [3.8, 4) is 0 Å². The molecule has 0 saturated carbocycles. The highest BCUT2D eigenvalue weighted by atomic mass is 15.3. The van der Waals surface area contributed by atoms with Gasteiger partial charge in [0.25, 0.3) is 0 Å². The lowest BCUT2D eigenvalue weighted by atomic mass is 10.2. The molecule has 0 bridgehead atoms. The Hall–Kier alpha value is -2.96. The minimum atomic E-state index is 0.619. The number of anilines is 1. The maximum absolute atomic E-state index is 4.65. The molecule has 7 heteroatoms. The van der Waals surface area contributed by atoms with Gasteiger partial charge in [-0.05, 0) is 44.0 Å². The molecule has 4 aromatic rings. The Morgan fingerprint density at radius 2 is 2.09 bits per heavy atom. The van der Waals surface area contributed by atoms with Crippen LogP contribution in [0.15, 0.2) is 30.9 Å². The van der Waals surface area contributed by atoms with E-state index in [4.69, 9.17) is 0 Å². The van der Waals surface area contributed by atoms with Gasteiger partial charge in [0.15, 0.2) is 0 Å². The van der Waals surface area contributed by atoms with Gasteiger partial charge < -0.3 is 9.72 Å². The van der Waals surface area contributed by atoms with Crippen LogP contribution in [0.1, 0.15) is 22.5 Å². The first kappa shape index (κ1) is 13.7. The SMILES string of the molecule is Cc1ccn2cc(CNc3c(C)c(C)nn4cnnc34)nc2c1. The van der Waals surface area contributed by atoms with Crippen molar-refractivity contribution in [2.45, 2.75) is 27.3 Å². The molecule has 4 rings (SSSR count). The summed E-state index contributed by atoms with van der Waals surface area (Å²) in [5.41, 5.74) is 6.83. The number of aryl methyl sites for hydroxylation is 2. The molecule has 0 atom stereocenters. The lowest BCUT2D eigenvalue weighted by Gasteiger charge is -2.10.